The van der Waals surface area contributed by atoms with Gasteiger partial charge >= 0.3 is 5.97 Å². The minimum atomic E-state index is -1.37. The van der Waals surface area contributed by atoms with Crippen molar-refractivity contribution >= 4 is 23.5 Å². The molecular weight excluding hydrogens is 378 g/mol. The van der Waals surface area contributed by atoms with Gasteiger partial charge in [0.1, 0.15) is 0 Å². The smallest absolute Gasteiger partial charge is 0.335 e. The summed E-state index contributed by atoms with van der Waals surface area (Å²) in [6.45, 7) is 2.75. The zero-order chi connectivity index (χ0) is 21.4. The molecule has 2 amide bonds. The minimum absolute atomic E-state index is 0.113. The van der Waals surface area contributed by atoms with Crippen molar-refractivity contribution in [3.63, 3.8) is 0 Å². The number of nitrogens with one attached hydrogen (secondary N) is 2. The second-order valence-corrected chi connectivity index (χ2v) is 6.32. The molecule has 9 nitrogen and oxygen atoms in total. The SMILES string of the molecule is CCCCNC(=O)c1ccc(CNC(=O)c2cc(C(=O)O)cc([N+](=O)[O-])c2)cc1. The number of aromatic carboxylic acids is 1. The van der Waals surface area contributed by atoms with Gasteiger partial charge in [-0.15, -0.1) is 0 Å². The lowest BCUT2D eigenvalue weighted by molar-refractivity contribution is -0.384. The third kappa shape index (κ3) is 6.13. The Morgan fingerprint density at radius 2 is 1.59 bits per heavy atom. The lowest BCUT2D eigenvalue weighted by Gasteiger charge is -2.08. The molecule has 152 valence electrons. The van der Waals surface area contributed by atoms with E-state index in [0.29, 0.717) is 17.7 Å². The monoisotopic (exact) mass is 399 g/mol. The molecule has 0 saturated carbocycles. The van der Waals surface area contributed by atoms with Crippen LogP contribution in [0.25, 0.3) is 0 Å². The maximum absolute atomic E-state index is 12.3. The highest BCUT2D eigenvalue weighted by Gasteiger charge is 2.17. The number of amides is 2. The summed E-state index contributed by atoms with van der Waals surface area (Å²) < 4.78 is 0. The van der Waals surface area contributed by atoms with Crippen molar-refractivity contribution in [2.45, 2.75) is 26.3 Å². The maximum Gasteiger partial charge on any atom is 0.335 e. The molecule has 0 spiro atoms. The Kier molecular flexibility index (Phi) is 7.41. The molecule has 3 N–H and O–H groups in total. The number of carbonyl (C=O) groups is 3. The molecule has 2 rings (SSSR count). The molecule has 0 atom stereocenters. The van der Waals surface area contributed by atoms with Gasteiger partial charge in [-0.1, -0.05) is 25.5 Å². The van der Waals surface area contributed by atoms with Crippen molar-refractivity contribution < 1.29 is 24.4 Å². The summed E-state index contributed by atoms with van der Waals surface area (Å²) in [4.78, 5) is 45.6. The van der Waals surface area contributed by atoms with Crippen LogP contribution in [-0.2, 0) is 6.54 Å². The van der Waals surface area contributed by atoms with Crippen LogP contribution in [-0.4, -0.2) is 34.4 Å². The topological polar surface area (TPSA) is 139 Å². The van der Waals surface area contributed by atoms with Crippen LogP contribution in [0.5, 0.6) is 0 Å². The lowest BCUT2D eigenvalue weighted by Crippen LogP contribution is -2.25. The molecule has 0 aromatic heterocycles. The van der Waals surface area contributed by atoms with E-state index in [0.717, 1.165) is 31.0 Å². The zero-order valence-corrected chi connectivity index (χ0v) is 15.8. The number of carboxylic acids is 1. The molecule has 0 heterocycles. The Bertz CT molecular complexity index is 892. The molecule has 0 radical (unpaired) electrons. The van der Waals surface area contributed by atoms with Crippen LogP contribution in [0.1, 0.15) is 56.4 Å². The number of hydrogen-bond acceptors (Lipinski definition) is 5. The predicted molar refractivity (Wildman–Crippen MR) is 105 cm³/mol. The normalized spacial score (nSPS) is 10.2. The molecule has 0 aliphatic carbocycles. The third-order valence-corrected chi connectivity index (χ3v) is 4.12. The Morgan fingerprint density at radius 1 is 0.966 bits per heavy atom. The van der Waals surface area contributed by atoms with Crippen molar-refractivity contribution in [2.75, 3.05) is 6.54 Å². The number of nitro groups is 1. The first-order chi connectivity index (χ1) is 13.8. The molecule has 2 aromatic carbocycles. The average Bonchev–Trinajstić information content (AvgIpc) is 2.72. The summed E-state index contributed by atoms with van der Waals surface area (Å²) in [7, 11) is 0. The van der Waals surface area contributed by atoms with Crippen molar-refractivity contribution in [3.8, 4) is 0 Å². The zero-order valence-electron chi connectivity index (χ0n) is 15.8. The van der Waals surface area contributed by atoms with Crippen molar-refractivity contribution in [1.82, 2.24) is 10.6 Å². The number of unbranched alkanes of at least 4 members (excludes halogenated alkanes) is 1. The number of benzene rings is 2. The minimum Gasteiger partial charge on any atom is -0.478 e. The molecule has 2 aromatic rings. The molecule has 0 aliphatic rings. The van der Waals surface area contributed by atoms with E-state index in [1.54, 1.807) is 24.3 Å². The molecule has 0 unspecified atom stereocenters. The van der Waals surface area contributed by atoms with Gasteiger partial charge in [-0.3, -0.25) is 19.7 Å². The molecular formula is C20H21N3O6. The number of carbonyl (C=O) groups excluding carboxylic acids is 2. The highest BCUT2D eigenvalue weighted by Crippen LogP contribution is 2.17. The number of rotatable bonds is 9. The van der Waals surface area contributed by atoms with Gasteiger partial charge in [0.2, 0.25) is 0 Å². The first kappa shape index (κ1) is 21.5. The van der Waals surface area contributed by atoms with Crippen LogP contribution >= 0.6 is 0 Å². The molecule has 0 fully saturated rings. The van der Waals surface area contributed by atoms with Crippen molar-refractivity contribution in [3.05, 3.63) is 74.8 Å². The van der Waals surface area contributed by atoms with Crippen LogP contribution in [0.2, 0.25) is 0 Å². The summed E-state index contributed by atoms with van der Waals surface area (Å²) in [5.41, 5.74) is 0.271. The first-order valence-corrected chi connectivity index (χ1v) is 9.00. The van der Waals surface area contributed by atoms with Gasteiger partial charge in [-0.05, 0) is 30.2 Å². The third-order valence-electron chi connectivity index (χ3n) is 4.12. The lowest BCUT2D eigenvalue weighted by atomic mass is 10.1. The Hall–Kier alpha value is -3.75. The van der Waals surface area contributed by atoms with Gasteiger partial charge in [0.15, 0.2) is 0 Å². The molecule has 0 saturated heterocycles. The van der Waals surface area contributed by atoms with Crippen LogP contribution in [0.3, 0.4) is 0 Å². The van der Waals surface area contributed by atoms with Gasteiger partial charge in [-0.25, -0.2) is 4.79 Å². The Labute approximate surface area is 166 Å². The summed E-state index contributed by atoms with van der Waals surface area (Å²) in [5, 5.41) is 25.4. The van der Waals surface area contributed by atoms with E-state index in [-0.39, 0.29) is 23.6 Å². The Balaban J connectivity index is 2.03. The summed E-state index contributed by atoms with van der Waals surface area (Å²) in [6.07, 6.45) is 1.88. The van der Waals surface area contributed by atoms with E-state index >= 15 is 0 Å². The van der Waals surface area contributed by atoms with Gasteiger partial charge < -0.3 is 15.7 Å². The predicted octanol–water partition coefficient (Wildman–Crippen LogP) is 2.75. The molecule has 0 aliphatic heterocycles. The standard InChI is InChI=1S/C20H21N3O6/c1-2-3-8-21-18(24)14-6-4-13(5-7-14)12-22-19(25)15-9-16(20(26)27)11-17(10-15)23(28)29/h4-7,9-11H,2-3,8,12H2,1H3,(H,21,24)(H,22,25)(H,26,27). The number of carboxylic acid groups (broad SMARTS) is 1. The summed E-state index contributed by atoms with van der Waals surface area (Å²) in [5.74, 6) is -2.18. The fraction of sp³-hybridized carbons (Fsp3) is 0.250. The highest BCUT2D eigenvalue weighted by molar-refractivity contribution is 5.98. The highest BCUT2D eigenvalue weighted by atomic mass is 16.6. The Morgan fingerprint density at radius 3 is 2.17 bits per heavy atom. The number of non-ortho nitro benzene ring substituents is 1. The molecule has 0 bridgehead atoms. The van der Waals surface area contributed by atoms with E-state index in [1.165, 1.54) is 0 Å². The fourth-order valence-corrected chi connectivity index (χ4v) is 2.51. The number of nitro benzene ring substituents is 1. The second-order valence-electron chi connectivity index (χ2n) is 6.32. The van der Waals surface area contributed by atoms with Crippen molar-refractivity contribution in [1.29, 1.82) is 0 Å². The fourth-order valence-electron chi connectivity index (χ4n) is 2.51. The van der Waals surface area contributed by atoms with Crippen LogP contribution in [0.15, 0.2) is 42.5 Å². The van der Waals surface area contributed by atoms with Crippen LogP contribution < -0.4 is 10.6 Å². The maximum atomic E-state index is 12.3. The van der Waals surface area contributed by atoms with Gasteiger partial charge in [0, 0.05) is 36.3 Å². The van der Waals surface area contributed by atoms with E-state index in [2.05, 4.69) is 10.6 Å². The first-order valence-electron chi connectivity index (χ1n) is 9.00. The van der Waals surface area contributed by atoms with Gasteiger partial charge in [0.05, 0.1) is 10.5 Å². The van der Waals surface area contributed by atoms with E-state index in [9.17, 15) is 24.5 Å². The largest absolute Gasteiger partial charge is 0.478 e. The quantitative estimate of drug-likeness (QED) is 0.337. The van der Waals surface area contributed by atoms with E-state index in [4.69, 9.17) is 5.11 Å². The van der Waals surface area contributed by atoms with Crippen LogP contribution in [0, 0.1) is 10.1 Å². The second kappa shape index (κ2) is 9.98. The number of nitrogens with zero attached hydrogens (tertiary/aromatic N) is 1. The van der Waals surface area contributed by atoms with E-state index in [1.807, 2.05) is 6.92 Å². The number of hydrogen-bond donors (Lipinski definition) is 3. The van der Waals surface area contributed by atoms with Gasteiger partial charge in [-0.2, -0.15) is 0 Å². The van der Waals surface area contributed by atoms with E-state index < -0.39 is 22.5 Å². The summed E-state index contributed by atoms with van der Waals surface area (Å²) >= 11 is 0. The van der Waals surface area contributed by atoms with Crippen molar-refractivity contribution in [2.24, 2.45) is 0 Å². The van der Waals surface area contributed by atoms with Crippen LogP contribution in [0.4, 0.5) is 5.69 Å². The average molecular weight is 399 g/mol. The molecule has 29 heavy (non-hydrogen) atoms. The molecule has 9 heteroatoms. The summed E-state index contributed by atoms with van der Waals surface area (Å²) in [6, 6.07) is 9.64. The van der Waals surface area contributed by atoms with Gasteiger partial charge in [0.25, 0.3) is 17.5 Å².